The van der Waals surface area contributed by atoms with Gasteiger partial charge in [-0.05, 0) is 48.4 Å². The number of carbonyl (C=O) groups is 2. The van der Waals surface area contributed by atoms with Gasteiger partial charge in [-0.3, -0.25) is 14.6 Å². The van der Waals surface area contributed by atoms with Crippen LogP contribution < -0.4 is 4.74 Å². The summed E-state index contributed by atoms with van der Waals surface area (Å²) < 4.78 is 10.9. The molecule has 2 aliphatic rings. The molecule has 0 unspecified atom stereocenters. The summed E-state index contributed by atoms with van der Waals surface area (Å²) in [5.74, 6) is 0.712. The van der Waals surface area contributed by atoms with Gasteiger partial charge in [-0.25, -0.2) is 0 Å². The van der Waals surface area contributed by atoms with E-state index in [1.54, 1.807) is 18.2 Å². The van der Waals surface area contributed by atoms with E-state index < -0.39 is 6.10 Å². The molecular weight excluding hydrogens is 406 g/mol. The Morgan fingerprint density at radius 2 is 2.09 bits per heavy atom. The number of methoxy groups -OCH3 is 1. The average Bonchev–Trinajstić information content (AvgIpc) is 3.32. The number of aryl methyl sites for hydroxylation is 1. The highest BCUT2D eigenvalue weighted by molar-refractivity contribution is 5.82. The van der Waals surface area contributed by atoms with Crippen LogP contribution in [0.3, 0.4) is 0 Å². The van der Waals surface area contributed by atoms with E-state index in [-0.39, 0.29) is 35.8 Å². The first-order valence-corrected chi connectivity index (χ1v) is 11.3. The number of phenolic OH excluding ortho intramolecular Hbond substituents is 1. The number of benzene rings is 1. The van der Waals surface area contributed by atoms with Crippen molar-refractivity contribution in [2.24, 2.45) is 22.7 Å². The number of hydrogen-bond acceptors (Lipinski definition) is 6. The van der Waals surface area contributed by atoms with Crippen molar-refractivity contribution in [3.8, 4) is 11.5 Å². The van der Waals surface area contributed by atoms with E-state index in [9.17, 15) is 14.7 Å². The van der Waals surface area contributed by atoms with Crippen LogP contribution >= 0.6 is 0 Å². The van der Waals surface area contributed by atoms with Crippen LogP contribution in [0.5, 0.6) is 11.5 Å². The lowest BCUT2D eigenvalue weighted by Crippen LogP contribution is -2.37. The lowest BCUT2D eigenvalue weighted by atomic mass is 9.71. The minimum absolute atomic E-state index is 0.0439. The lowest BCUT2D eigenvalue weighted by Gasteiger charge is -2.36. The van der Waals surface area contributed by atoms with Gasteiger partial charge in [0.15, 0.2) is 11.5 Å². The predicted octanol–water partition coefficient (Wildman–Crippen LogP) is 4.45. The van der Waals surface area contributed by atoms with Crippen molar-refractivity contribution in [2.45, 2.75) is 52.1 Å². The summed E-state index contributed by atoms with van der Waals surface area (Å²) in [7, 11) is 1.50. The molecule has 0 amide bonds. The summed E-state index contributed by atoms with van der Waals surface area (Å²) in [4.78, 5) is 29.2. The van der Waals surface area contributed by atoms with Crippen LogP contribution in [0.15, 0.2) is 47.0 Å². The molecule has 1 aromatic carbocycles. The molecule has 0 bridgehead atoms. The average molecular weight is 440 g/mol. The number of ether oxygens (including phenoxy) is 2. The summed E-state index contributed by atoms with van der Waals surface area (Å²) in [5, 5.41) is 9.76. The van der Waals surface area contributed by atoms with Crippen molar-refractivity contribution >= 4 is 18.0 Å². The number of aromatic hydroxyl groups is 1. The molecule has 0 fully saturated rings. The van der Waals surface area contributed by atoms with Crippen LogP contribution in [0, 0.1) is 17.8 Å². The molecule has 0 spiro atoms. The summed E-state index contributed by atoms with van der Waals surface area (Å²) in [5.41, 5.74) is 2.05. The minimum atomic E-state index is -0.465. The van der Waals surface area contributed by atoms with Gasteiger partial charge in [-0.1, -0.05) is 31.2 Å². The second-order valence-electron chi connectivity index (χ2n) is 8.57. The number of carbonyl (C=O) groups excluding carboxylic acids is 2. The largest absolute Gasteiger partial charge is 0.504 e. The van der Waals surface area contributed by atoms with Crippen molar-refractivity contribution in [2.75, 3.05) is 13.7 Å². The summed E-state index contributed by atoms with van der Waals surface area (Å²) in [6.45, 7) is 4.24. The van der Waals surface area contributed by atoms with E-state index >= 15 is 0 Å². The van der Waals surface area contributed by atoms with Crippen molar-refractivity contribution < 1.29 is 24.2 Å². The van der Waals surface area contributed by atoms with Gasteiger partial charge in [-0.15, -0.1) is 0 Å². The fraction of sp³-hybridized carbons (Fsp3) is 0.500. The molecule has 172 valence electrons. The van der Waals surface area contributed by atoms with E-state index in [0.29, 0.717) is 31.1 Å². The maximum Gasteiger partial charge on any atom is 0.302 e. The number of aliphatic imine (C=N–C) groups is 1. The maximum atomic E-state index is 12.9. The van der Waals surface area contributed by atoms with Gasteiger partial charge in [0.05, 0.1) is 13.7 Å². The van der Waals surface area contributed by atoms with Gasteiger partial charge >= 0.3 is 5.97 Å². The minimum Gasteiger partial charge on any atom is -0.504 e. The van der Waals surface area contributed by atoms with Crippen LogP contribution in [-0.4, -0.2) is 42.8 Å². The molecule has 1 aliphatic heterocycles. The molecule has 0 saturated carbocycles. The molecular formula is C26H33NO5. The highest BCUT2D eigenvalue weighted by Crippen LogP contribution is 2.39. The zero-order valence-corrected chi connectivity index (χ0v) is 19.1. The van der Waals surface area contributed by atoms with E-state index in [1.165, 1.54) is 14.0 Å². The Morgan fingerprint density at radius 1 is 1.28 bits per heavy atom. The Morgan fingerprint density at radius 3 is 2.75 bits per heavy atom. The van der Waals surface area contributed by atoms with Gasteiger partial charge in [0, 0.05) is 37.8 Å². The van der Waals surface area contributed by atoms with E-state index in [1.807, 2.05) is 6.21 Å². The Kier molecular flexibility index (Phi) is 8.26. The molecule has 0 saturated heterocycles. The molecule has 3 rings (SSSR count). The first-order chi connectivity index (χ1) is 15.4. The van der Waals surface area contributed by atoms with Crippen LogP contribution in [0.4, 0.5) is 0 Å². The monoisotopic (exact) mass is 439 g/mol. The third-order valence-corrected chi connectivity index (χ3v) is 6.37. The quantitative estimate of drug-likeness (QED) is 0.430. The number of nitrogens with zero attached hydrogens (tertiary/aromatic N) is 1. The third-order valence-electron chi connectivity index (χ3n) is 6.37. The Balaban J connectivity index is 1.71. The molecule has 0 radical (unpaired) electrons. The number of esters is 1. The van der Waals surface area contributed by atoms with Gasteiger partial charge in [-0.2, -0.15) is 0 Å². The molecule has 1 aliphatic carbocycles. The van der Waals surface area contributed by atoms with Crippen molar-refractivity contribution in [3.05, 3.63) is 47.6 Å². The highest BCUT2D eigenvalue weighted by atomic mass is 16.5. The molecule has 1 aromatic rings. The Bertz CT molecular complexity index is 917. The number of allylic oxidation sites excluding steroid dienone is 3. The molecule has 6 heteroatoms. The van der Waals surface area contributed by atoms with E-state index in [0.717, 1.165) is 24.0 Å². The van der Waals surface area contributed by atoms with E-state index in [4.69, 9.17) is 9.47 Å². The van der Waals surface area contributed by atoms with Gasteiger partial charge < -0.3 is 14.6 Å². The van der Waals surface area contributed by atoms with Gasteiger partial charge in [0.2, 0.25) is 0 Å². The molecule has 1 N–H and O–H groups in total. The predicted molar refractivity (Wildman–Crippen MR) is 124 cm³/mol. The molecule has 0 aromatic heterocycles. The molecule has 4 atom stereocenters. The van der Waals surface area contributed by atoms with Gasteiger partial charge in [0.1, 0.15) is 11.9 Å². The summed E-state index contributed by atoms with van der Waals surface area (Å²) in [6.07, 6.45) is 11.0. The molecule has 1 heterocycles. The van der Waals surface area contributed by atoms with Crippen molar-refractivity contribution in [1.29, 1.82) is 0 Å². The first kappa shape index (κ1) is 23.8. The van der Waals surface area contributed by atoms with Crippen LogP contribution in [0.1, 0.15) is 45.1 Å². The number of hydrogen-bond donors (Lipinski definition) is 1. The summed E-state index contributed by atoms with van der Waals surface area (Å²) >= 11 is 0. The third kappa shape index (κ3) is 6.09. The topological polar surface area (TPSA) is 85.2 Å². The fourth-order valence-electron chi connectivity index (χ4n) is 4.61. The Labute approximate surface area is 190 Å². The second-order valence-corrected chi connectivity index (χ2v) is 8.57. The van der Waals surface area contributed by atoms with Crippen molar-refractivity contribution in [1.82, 2.24) is 0 Å². The van der Waals surface area contributed by atoms with Crippen molar-refractivity contribution in [3.63, 3.8) is 0 Å². The first-order valence-electron chi connectivity index (χ1n) is 11.3. The van der Waals surface area contributed by atoms with Crippen LogP contribution in [-0.2, 0) is 20.7 Å². The van der Waals surface area contributed by atoms with E-state index in [2.05, 4.69) is 30.1 Å². The lowest BCUT2D eigenvalue weighted by molar-refractivity contribution is -0.151. The smallest absolute Gasteiger partial charge is 0.302 e. The standard InChI is InChI=1S/C26H33NO5/c1-4-18-6-9-22(20-11-12-27-16-20)23(13-18)25(32-17(2)28)15-21(29)8-5-19-7-10-24(30)26(14-19)31-3/h6-7,9-11,14,16,18,22-23,25,30H,4-5,8,12-13,15H2,1-3H3/t18-,22-,23+,25+/m1/s1. The Hall–Kier alpha value is -2.89. The highest BCUT2D eigenvalue weighted by Gasteiger charge is 2.37. The number of ketones is 1. The zero-order chi connectivity index (χ0) is 23.1. The fourth-order valence-corrected chi connectivity index (χ4v) is 4.61. The van der Waals surface area contributed by atoms with Gasteiger partial charge in [0.25, 0.3) is 0 Å². The molecule has 32 heavy (non-hydrogen) atoms. The summed E-state index contributed by atoms with van der Waals surface area (Å²) in [6, 6.07) is 5.10. The normalized spacial score (nSPS) is 23.0. The zero-order valence-electron chi connectivity index (χ0n) is 19.1. The second kappa shape index (κ2) is 11.1. The number of rotatable bonds is 10. The number of Topliss-reactive ketones (excluding diaryl/α,β-unsaturated/α-hetero) is 1. The number of phenols is 1. The van der Waals surface area contributed by atoms with Crippen LogP contribution in [0.25, 0.3) is 0 Å². The van der Waals surface area contributed by atoms with Crippen LogP contribution in [0.2, 0.25) is 0 Å². The molecule has 6 nitrogen and oxygen atoms in total. The maximum absolute atomic E-state index is 12.9. The SMILES string of the molecule is CC[C@@H]1C=C[C@H](C2=CCN=C2)[C@@H]([C@H](CC(=O)CCc2ccc(O)c(OC)c2)OC(C)=O)C1.